The molecule has 4 aromatic heterocycles. The second kappa shape index (κ2) is 12.3. The van der Waals surface area contributed by atoms with Crippen LogP contribution >= 0.6 is 0 Å². The predicted molar refractivity (Wildman–Crippen MR) is 230 cm³/mol. The summed E-state index contributed by atoms with van der Waals surface area (Å²) in [7, 11) is 0. The van der Waals surface area contributed by atoms with Crippen LogP contribution in [0.3, 0.4) is 0 Å². The summed E-state index contributed by atoms with van der Waals surface area (Å²) in [5, 5.41) is 6.50. The maximum absolute atomic E-state index is 6.60. The van der Waals surface area contributed by atoms with Gasteiger partial charge in [0.15, 0.2) is 17.5 Å². The van der Waals surface area contributed by atoms with E-state index < -0.39 is 0 Å². The van der Waals surface area contributed by atoms with E-state index in [4.69, 9.17) is 23.8 Å². The van der Waals surface area contributed by atoms with Gasteiger partial charge in [0, 0.05) is 60.8 Å². The quantitative estimate of drug-likeness (QED) is 0.176. The standard InChI is InChI=1S/C51H30N4O2/c1-3-12-31(13-4-1)33-16-11-17-34(26-33)50-52-49(32-14-5-2-6-15-32)53-51(54-50)35-22-24-39-41-29-48-42(30-47(41)56-45(39)27-35)40-25-23-36(28-46(40)57-48)55-43-20-9-7-18-37(43)38-19-8-10-21-44(38)55/h1-30H. The van der Waals surface area contributed by atoms with E-state index in [1.807, 2.05) is 66.7 Å². The summed E-state index contributed by atoms with van der Waals surface area (Å²) in [6.45, 7) is 0. The Morgan fingerprint density at radius 1 is 0.298 bits per heavy atom. The first-order valence-corrected chi connectivity index (χ1v) is 19.0. The Hall–Kier alpha value is -7.83. The van der Waals surface area contributed by atoms with E-state index in [1.165, 1.54) is 21.8 Å². The molecule has 0 aliphatic carbocycles. The minimum absolute atomic E-state index is 0.574. The van der Waals surface area contributed by atoms with E-state index in [0.717, 1.165) is 77.4 Å². The molecule has 0 unspecified atom stereocenters. The molecule has 0 atom stereocenters. The molecule has 0 fully saturated rings. The Morgan fingerprint density at radius 3 is 1.42 bits per heavy atom. The van der Waals surface area contributed by atoms with Gasteiger partial charge in [0.25, 0.3) is 0 Å². The molecule has 266 valence electrons. The fourth-order valence-corrected chi connectivity index (χ4v) is 8.33. The van der Waals surface area contributed by atoms with Crippen molar-refractivity contribution in [1.29, 1.82) is 0 Å². The van der Waals surface area contributed by atoms with Crippen LogP contribution in [0, 0.1) is 0 Å². The zero-order valence-electron chi connectivity index (χ0n) is 30.4. The fourth-order valence-electron chi connectivity index (χ4n) is 8.33. The van der Waals surface area contributed by atoms with Gasteiger partial charge in [-0.2, -0.15) is 0 Å². The van der Waals surface area contributed by atoms with Crippen LogP contribution in [0.5, 0.6) is 0 Å². The molecule has 12 rings (SSSR count). The topological polar surface area (TPSA) is 69.9 Å². The number of hydrogen-bond acceptors (Lipinski definition) is 5. The van der Waals surface area contributed by atoms with Crippen molar-refractivity contribution in [2.24, 2.45) is 0 Å². The van der Waals surface area contributed by atoms with Gasteiger partial charge in [-0.3, -0.25) is 0 Å². The van der Waals surface area contributed by atoms with Gasteiger partial charge in [0.1, 0.15) is 22.3 Å². The molecule has 57 heavy (non-hydrogen) atoms. The lowest BCUT2D eigenvalue weighted by molar-refractivity contribution is 0.664. The summed E-state index contributed by atoms with van der Waals surface area (Å²) in [4.78, 5) is 15.0. The first-order valence-electron chi connectivity index (χ1n) is 19.0. The van der Waals surface area contributed by atoms with E-state index in [2.05, 4.69) is 120 Å². The SMILES string of the molecule is c1ccc(-c2cccc(-c3nc(-c4ccccc4)nc(-c4ccc5c(c4)oc4cc6c(cc45)oc4cc(-n5c7ccccc7c7ccccc75)ccc46)n3)c2)cc1. The van der Waals surface area contributed by atoms with Crippen LogP contribution < -0.4 is 0 Å². The van der Waals surface area contributed by atoms with Crippen molar-refractivity contribution in [2.75, 3.05) is 0 Å². The van der Waals surface area contributed by atoms with Crippen molar-refractivity contribution in [3.8, 4) is 51.0 Å². The predicted octanol–water partition coefficient (Wildman–Crippen LogP) is 13.4. The van der Waals surface area contributed by atoms with E-state index in [-0.39, 0.29) is 0 Å². The van der Waals surface area contributed by atoms with Crippen LogP contribution in [-0.2, 0) is 0 Å². The van der Waals surface area contributed by atoms with E-state index in [1.54, 1.807) is 0 Å². The molecule has 0 N–H and O–H groups in total. The zero-order chi connectivity index (χ0) is 37.5. The highest BCUT2D eigenvalue weighted by Gasteiger charge is 2.18. The number of hydrogen-bond donors (Lipinski definition) is 0. The first-order chi connectivity index (χ1) is 28.2. The Labute approximate surface area is 325 Å². The zero-order valence-corrected chi connectivity index (χ0v) is 30.4. The Morgan fingerprint density at radius 2 is 0.772 bits per heavy atom. The molecule has 0 radical (unpaired) electrons. The van der Waals surface area contributed by atoms with Crippen LogP contribution in [0.4, 0.5) is 0 Å². The second-order valence-corrected chi connectivity index (χ2v) is 14.4. The van der Waals surface area contributed by atoms with Gasteiger partial charge in [0.2, 0.25) is 0 Å². The summed E-state index contributed by atoms with van der Waals surface area (Å²) in [6, 6.07) is 62.7. The monoisotopic (exact) mass is 730 g/mol. The smallest absolute Gasteiger partial charge is 0.164 e. The molecule has 0 spiro atoms. The lowest BCUT2D eigenvalue weighted by atomic mass is 10.0. The molecule has 0 bridgehead atoms. The average molecular weight is 731 g/mol. The van der Waals surface area contributed by atoms with Gasteiger partial charge in [-0.25, -0.2) is 15.0 Å². The number of aromatic nitrogens is 4. The molecule has 6 heteroatoms. The van der Waals surface area contributed by atoms with Gasteiger partial charge in [0.05, 0.1) is 11.0 Å². The minimum Gasteiger partial charge on any atom is -0.456 e. The molecule has 4 heterocycles. The molecule has 0 amide bonds. The normalized spacial score (nSPS) is 11.9. The van der Waals surface area contributed by atoms with Crippen molar-refractivity contribution in [3.05, 3.63) is 182 Å². The van der Waals surface area contributed by atoms with Gasteiger partial charge in [-0.05, 0) is 65.7 Å². The van der Waals surface area contributed by atoms with Gasteiger partial charge >= 0.3 is 0 Å². The maximum Gasteiger partial charge on any atom is 0.164 e. The van der Waals surface area contributed by atoms with E-state index in [9.17, 15) is 0 Å². The fraction of sp³-hybridized carbons (Fsp3) is 0. The summed E-state index contributed by atoms with van der Waals surface area (Å²) in [6.07, 6.45) is 0. The third-order valence-corrected chi connectivity index (χ3v) is 11.0. The summed E-state index contributed by atoms with van der Waals surface area (Å²) in [5.74, 6) is 1.79. The third kappa shape index (κ3) is 5.08. The van der Waals surface area contributed by atoms with Crippen LogP contribution in [0.15, 0.2) is 191 Å². The van der Waals surface area contributed by atoms with Crippen LogP contribution in [-0.4, -0.2) is 19.5 Å². The van der Waals surface area contributed by atoms with Crippen molar-refractivity contribution in [1.82, 2.24) is 19.5 Å². The highest BCUT2D eigenvalue weighted by atomic mass is 16.3. The second-order valence-electron chi connectivity index (χ2n) is 14.4. The lowest BCUT2D eigenvalue weighted by Crippen LogP contribution is -2.00. The molecule has 0 saturated heterocycles. The van der Waals surface area contributed by atoms with E-state index in [0.29, 0.717) is 17.5 Å². The number of para-hydroxylation sites is 2. The number of fused-ring (bicyclic) bond motifs is 9. The lowest BCUT2D eigenvalue weighted by Gasteiger charge is -2.09. The summed E-state index contributed by atoms with van der Waals surface area (Å²) in [5.41, 5.74) is 11.5. The maximum atomic E-state index is 6.60. The van der Waals surface area contributed by atoms with Crippen LogP contribution in [0.1, 0.15) is 0 Å². The van der Waals surface area contributed by atoms with Crippen molar-refractivity contribution in [3.63, 3.8) is 0 Å². The van der Waals surface area contributed by atoms with Crippen molar-refractivity contribution in [2.45, 2.75) is 0 Å². The third-order valence-electron chi connectivity index (χ3n) is 11.0. The van der Waals surface area contributed by atoms with Crippen molar-refractivity contribution >= 4 is 65.7 Å². The minimum atomic E-state index is 0.574. The first kappa shape index (κ1) is 31.5. The van der Waals surface area contributed by atoms with Crippen LogP contribution in [0.2, 0.25) is 0 Å². The van der Waals surface area contributed by atoms with Gasteiger partial charge in [-0.15, -0.1) is 0 Å². The van der Waals surface area contributed by atoms with Gasteiger partial charge < -0.3 is 13.4 Å². The molecular formula is C51H30N4O2. The highest BCUT2D eigenvalue weighted by Crippen LogP contribution is 2.40. The van der Waals surface area contributed by atoms with E-state index >= 15 is 0 Å². The molecule has 8 aromatic carbocycles. The van der Waals surface area contributed by atoms with Crippen molar-refractivity contribution < 1.29 is 8.83 Å². The largest absolute Gasteiger partial charge is 0.456 e. The molecule has 6 nitrogen and oxygen atoms in total. The van der Waals surface area contributed by atoms with Crippen LogP contribution in [0.25, 0.3) is 117 Å². The summed E-state index contributed by atoms with van der Waals surface area (Å²) < 4.78 is 15.5. The average Bonchev–Trinajstić information content (AvgIpc) is 3.94. The molecule has 0 saturated carbocycles. The molecule has 0 aliphatic rings. The Balaban J connectivity index is 0.963. The summed E-state index contributed by atoms with van der Waals surface area (Å²) >= 11 is 0. The van der Waals surface area contributed by atoms with Gasteiger partial charge in [-0.1, -0.05) is 121 Å². The number of furan rings is 2. The molecule has 12 aromatic rings. The highest BCUT2D eigenvalue weighted by molar-refractivity contribution is 6.15. The number of rotatable bonds is 5. The Bertz CT molecular complexity index is 3470. The Kier molecular flexibility index (Phi) is 6.83. The number of nitrogens with zero attached hydrogens (tertiary/aromatic N) is 4. The number of benzene rings is 8. The molecule has 0 aliphatic heterocycles. The molecular weight excluding hydrogens is 701 g/mol.